The number of nitrogens with zero attached hydrogens (tertiary/aromatic N) is 2. The van der Waals surface area contributed by atoms with Gasteiger partial charge < -0.3 is 13.9 Å². The third-order valence-corrected chi connectivity index (χ3v) is 6.96. The highest BCUT2D eigenvalue weighted by Gasteiger charge is 2.45. The van der Waals surface area contributed by atoms with E-state index in [9.17, 15) is 14.4 Å². The number of fused-ring (bicyclic) bond motifs is 2. The molecule has 9 heteroatoms. The number of aryl methyl sites for hydroxylation is 2. The van der Waals surface area contributed by atoms with Crippen molar-refractivity contribution in [1.29, 1.82) is 0 Å². The Kier molecular flexibility index (Phi) is 5.21. The van der Waals surface area contributed by atoms with Gasteiger partial charge in [0.2, 0.25) is 5.76 Å². The van der Waals surface area contributed by atoms with E-state index in [1.807, 2.05) is 13.0 Å². The number of rotatable bonds is 4. The van der Waals surface area contributed by atoms with Crippen LogP contribution in [0.5, 0.6) is 5.75 Å². The van der Waals surface area contributed by atoms with Crippen LogP contribution >= 0.6 is 11.3 Å². The number of amides is 1. The number of methoxy groups -OCH3 is 2. The summed E-state index contributed by atoms with van der Waals surface area (Å²) in [5.41, 5.74) is 2.31. The van der Waals surface area contributed by atoms with Gasteiger partial charge in [-0.25, -0.2) is 9.78 Å². The Morgan fingerprint density at radius 1 is 1.09 bits per heavy atom. The summed E-state index contributed by atoms with van der Waals surface area (Å²) in [6.07, 6.45) is 0. The molecule has 2 aromatic heterocycles. The zero-order chi connectivity index (χ0) is 24.1. The molecule has 0 saturated heterocycles. The van der Waals surface area contributed by atoms with E-state index in [4.69, 9.17) is 13.9 Å². The summed E-state index contributed by atoms with van der Waals surface area (Å²) in [6, 6.07) is 11.6. The molecular weight excluding hydrogens is 456 g/mol. The van der Waals surface area contributed by atoms with Crippen molar-refractivity contribution >= 4 is 39.3 Å². The summed E-state index contributed by atoms with van der Waals surface area (Å²) in [7, 11) is 2.85. The first-order valence-corrected chi connectivity index (χ1v) is 11.3. The molecule has 0 spiro atoms. The highest BCUT2D eigenvalue weighted by molar-refractivity contribution is 7.17. The van der Waals surface area contributed by atoms with Crippen LogP contribution in [-0.4, -0.2) is 31.1 Å². The molecule has 5 rings (SSSR count). The molecular formula is C25H20N2O6S. The van der Waals surface area contributed by atoms with Gasteiger partial charge >= 0.3 is 5.97 Å². The molecule has 0 unspecified atom stereocenters. The number of carbonyl (C=O) groups is 2. The van der Waals surface area contributed by atoms with Gasteiger partial charge in [0, 0.05) is 0 Å². The van der Waals surface area contributed by atoms with Crippen molar-refractivity contribution in [2.75, 3.05) is 19.1 Å². The van der Waals surface area contributed by atoms with Crippen LogP contribution in [0, 0.1) is 13.8 Å². The van der Waals surface area contributed by atoms with E-state index in [-0.39, 0.29) is 26.8 Å². The van der Waals surface area contributed by atoms with Crippen molar-refractivity contribution in [2.24, 2.45) is 0 Å². The van der Waals surface area contributed by atoms with E-state index in [1.165, 1.54) is 12.0 Å². The number of carbonyl (C=O) groups excluding carboxylic acids is 2. The topological polar surface area (TPSA) is 98.9 Å². The maximum Gasteiger partial charge on any atom is 0.350 e. The Hall–Kier alpha value is -3.98. The molecule has 0 N–H and O–H groups in total. The fourth-order valence-electron chi connectivity index (χ4n) is 4.15. The monoisotopic (exact) mass is 476 g/mol. The molecule has 1 amide bonds. The second-order valence-corrected chi connectivity index (χ2v) is 8.90. The quantitative estimate of drug-likeness (QED) is 0.402. The molecule has 8 nitrogen and oxygen atoms in total. The van der Waals surface area contributed by atoms with E-state index < -0.39 is 17.9 Å². The van der Waals surface area contributed by atoms with Crippen molar-refractivity contribution in [1.82, 2.24) is 4.98 Å². The molecule has 4 aromatic rings. The van der Waals surface area contributed by atoms with Crippen molar-refractivity contribution < 1.29 is 23.5 Å². The molecule has 2 aromatic carbocycles. The van der Waals surface area contributed by atoms with Crippen LogP contribution in [0.25, 0.3) is 11.0 Å². The zero-order valence-electron chi connectivity index (χ0n) is 18.9. The standard InChI is InChI=1S/C25H20N2O6S/c1-12-5-10-17-16(11-12)20(28)18-19(14-6-8-15(31-3)9-7-14)27(23(29)21(18)33-17)25-26-13(2)22(34-25)24(30)32-4/h5-11,19H,1-4H3/t19-/m0/s1. The second kappa shape index (κ2) is 8.11. The Morgan fingerprint density at radius 2 is 1.82 bits per heavy atom. The van der Waals surface area contributed by atoms with Crippen LogP contribution < -0.4 is 15.1 Å². The highest BCUT2D eigenvalue weighted by Crippen LogP contribution is 2.43. The van der Waals surface area contributed by atoms with Crippen molar-refractivity contribution in [3.8, 4) is 5.75 Å². The Morgan fingerprint density at radius 3 is 2.50 bits per heavy atom. The van der Waals surface area contributed by atoms with Gasteiger partial charge in [-0.1, -0.05) is 35.1 Å². The number of esters is 1. The normalized spacial score (nSPS) is 15.0. The molecule has 0 aliphatic carbocycles. The molecule has 172 valence electrons. The minimum Gasteiger partial charge on any atom is -0.497 e. The van der Waals surface area contributed by atoms with Crippen LogP contribution in [0.4, 0.5) is 5.13 Å². The maximum absolute atomic E-state index is 13.7. The van der Waals surface area contributed by atoms with Gasteiger partial charge in [0.25, 0.3) is 5.91 Å². The van der Waals surface area contributed by atoms with E-state index in [0.717, 1.165) is 16.9 Å². The molecule has 0 radical (unpaired) electrons. The summed E-state index contributed by atoms with van der Waals surface area (Å²) in [6.45, 7) is 3.56. The fraction of sp³-hybridized carbons (Fsp3) is 0.200. The number of hydrogen-bond donors (Lipinski definition) is 0. The lowest BCUT2D eigenvalue weighted by Crippen LogP contribution is -2.29. The number of hydrogen-bond acceptors (Lipinski definition) is 8. The molecule has 0 fully saturated rings. The Bertz CT molecular complexity index is 1520. The highest BCUT2D eigenvalue weighted by atomic mass is 32.1. The molecule has 1 aliphatic rings. The Labute approximate surface area is 198 Å². The first-order valence-electron chi connectivity index (χ1n) is 10.4. The molecule has 1 aliphatic heterocycles. The average Bonchev–Trinajstić information content (AvgIpc) is 3.36. The second-order valence-electron chi connectivity index (χ2n) is 7.93. The summed E-state index contributed by atoms with van der Waals surface area (Å²) in [5, 5.41) is 0.673. The minimum absolute atomic E-state index is 0.0327. The van der Waals surface area contributed by atoms with Crippen LogP contribution in [0.15, 0.2) is 51.7 Å². The number of anilines is 1. The summed E-state index contributed by atoms with van der Waals surface area (Å²) >= 11 is 1.03. The third kappa shape index (κ3) is 3.28. The van der Waals surface area contributed by atoms with Gasteiger partial charge in [-0.15, -0.1) is 0 Å². The SMILES string of the molecule is COC(=O)c1sc(N2C(=O)c3oc4ccc(C)cc4c(=O)c3[C@@H]2c2ccc(OC)cc2)nc1C. The maximum atomic E-state index is 13.7. The van der Waals surface area contributed by atoms with Gasteiger partial charge in [-0.2, -0.15) is 0 Å². The number of ether oxygens (including phenoxy) is 2. The van der Waals surface area contributed by atoms with E-state index in [2.05, 4.69) is 4.98 Å². The average molecular weight is 477 g/mol. The third-order valence-electron chi connectivity index (χ3n) is 5.82. The zero-order valence-corrected chi connectivity index (χ0v) is 19.7. The molecule has 1 atom stereocenters. The summed E-state index contributed by atoms with van der Waals surface area (Å²) in [5.74, 6) is -0.434. The van der Waals surface area contributed by atoms with Crippen LogP contribution in [0.3, 0.4) is 0 Å². The smallest absolute Gasteiger partial charge is 0.350 e. The van der Waals surface area contributed by atoms with E-state index >= 15 is 0 Å². The molecule has 34 heavy (non-hydrogen) atoms. The van der Waals surface area contributed by atoms with Crippen molar-refractivity contribution in [3.05, 3.63) is 85.7 Å². The lowest BCUT2D eigenvalue weighted by atomic mass is 9.98. The van der Waals surface area contributed by atoms with E-state index in [1.54, 1.807) is 50.4 Å². The Balaban J connectivity index is 1.77. The van der Waals surface area contributed by atoms with E-state index in [0.29, 0.717) is 28.0 Å². The summed E-state index contributed by atoms with van der Waals surface area (Å²) in [4.78, 5) is 45.7. The van der Waals surface area contributed by atoms with Gasteiger partial charge in [0.05, 0.1) is 36.9 Å². The number of aromatic nitrogens is 1. The number of benzene rings is 2. The first-order chi connectivity index (χ1) is 16.3. The van der Waals surface area contributed by atoms with Gasteiger partial charge in [-0.3, -0.25) is 14.5 Å². The summed E-state index contributed by atoms with van der Waals surface area (Å²) < 4.78 is 16.1. The number of thiazole rings is 1. The van der Waals surface area contributed by atoms with Gasteiger partial charge in [-0.05, 0) is 43.7 Å². The largest absolute Gasteiger partial charge is 0.497 e. The van der Waals surface area contributed by atoms with Crippen molar-refractivity contribution in [3.63, 3.8) is 0 Å². The predicted molar refractivity (Wildman–Crippen MR) is 127 cm³/mol. The van der Waals surface area contributed by atoms with Crippen LogP contribution in [-0.2, 0) is 4.74 Å². The molecule has 3 heterocycles. The van der Waals surface area contributed by atoms with Gasteiger partial charge in [0.15, 0.2) is 10.6 Å². The van der Waals surface area contributed by atoms with Gasteiger partial charge in [0.1, 0.15) is 16.2 Å². The first kappa shape index (κ1) is 21.8. The van der Waals surface area contributed by atoms with Crippen molar-refractivity contribution in [2.45, 2.75) is 19.9 Å². The predicted octanol–water partition coefficient (Wildman–Crippen LogP) is 4.41. The molecule has 0 bridgehead atoms. The lowest BCUT2D eigenvalue weighted by molar-refractivity contribution is 0.0605. The lowest BCUT2D eigenvalue weighted by Gasteiger charge is -2.22. The van der Waals surface area contributed by atoms with Crippen LogP contribution in [0.2, 0.25) is 0 Å². The van der Waals surface area contributed by atoms with Crippen LogP contribution in [0.1, 0.15) is 48.7 Å². The molecule has 0 saturated carbocycles. The minimum atomic E-state index is -0.786. The fourth-order valence-corrected chi connectivity index (χ4v) is 5.16.